The number of nitrogens with two attached hydrogens (primary N) is 1. The molecule has 0 amide bonds. The molecule has 1 aliphatic heterocycles. The Kier molecular flexibility index (Phi) is 4.76. The summed E-state index contributed by atoms with van der Waals surface area (Å²) in [5.74, 6) is 1.77. The molecule has 0 aliphatic carbocycles. The van der Waals surface area contributed by atoms with E-state index in [4.69, 9.17) is 5.73 Å². The highest BCUT2D eigenvalue weighted by molar-refractivity contribution is 8.01. The first-order chi connectivity index (χ1) is 9.10. The molecule has 1 aromatic carbocycles. The minimum atomic E-state index is -3.08. The van der Waals surface area contributed by atoms with Crippen molar-refractivity contribution in [2.75, 3.05) is 28.7 Å². The molecule has 19 heavy (non-hydrogen) atoms. The lowest BCUT2D eigenvalue weighted by Crippen LogP contribution is -2.48. The van der Waals surface area contributed by atoms with Crippen molar-refractivity contribution in [3.05, 3.63) is 29.8 Å². The summed E-state index contributed by atoms with van der Waals surface area (Å²) in [6.45, 7) is 2.89. The molecule has 2 N–H and O–H groups in total. The fourth-order valence-corrected chi connectivity index (χ4v) is 5.29. The zero-order valence-corrected chi connectivity index (χ0v) is 12.7. The summed E-state index contributed by atoms with van der Waals surface area (Å²) in [7, 11) is -3.08. The number of para-hydroxylation sites is 1. The van der Waals surface area contributed by atoms with Crippen molar-refractivity contribution >= 4 is 27.3 Å². The van der Waals surface area contributed by atoms with Crippen LogP contribution >= 0.6 is 11.8 Å². The Morgan fingerprint density at radius 3 is 2.84 bits per heavy atom. The van der Waals surface area contributed by atoms with Crippen LogP contribution in [0.15, 0.2) is 24.3 Å². The second kappa shape index (κ2) is 6.15. The SMILES string of the molecule is CCS(=O)(=O)C1CSCCN1c1ccccc1CN. The molecule has 1 fully saturated rings. The lowest BCUT2D eigenvalue weighted by Gasteiger charge is -2.37. The summed E-state index contributed by atoms with van der Waals surface area (Å²) in [6, 6.07) is 7.81. The van der Waals surface area contributed by atoms with Gasteiger partial charge in [0.1, 0.15) is 5.37 Å². The van der Waals surface area contributed by atoms with E-state index in [-0.39, 0.29) is 5.75 Å². The number of benzene rings is 1. The Morgan fingerprint density at radius 1 is 1.42 bits per heavy atom. The van der Waals surface area contributed by atoms with E-state index in [0.29, 0.717) is 12.3 Å². The van der Waals surface area contributed by atoms with Gasteiger partial charge < -0.3 is 10.6 Å². The summed E-state index contributed by atoms with van der Waals surface area (Å²) in [6.07, 6.45) is 0. The van der Waals surface area contributed by atoms with E-state index in [1.165, 1.54) is 0 Å². The molecule has 1 unspecified atom stereocenters. The van der Waals surface area contributed by atoms with Crippen molar-refractivity contribution in [3.8, 4) is 0 Å². The molecule has 1 saturated heterocycles. The van der Waals surface area contributed by atoms with Crippen molar-refractivity contribution < 1.29 is 8.42 Å². The minimum absolute atomic E-state index is 0.180. The van der Waals surface area contributed by atoms with Crippen LogP contribution in [0.2, 0.25) is 0 Å². The first-order valence-corrected chi connectivity index (χ1v) is 9.31. The lowest BCUT2D eigenvalue weighted by molar-refractivity contribution is 0.579. The predicted molar refractivity (Wildman–Crippen MR) is 82.3 cm³/mol. The number of nitrogens with zero attached hydrogens (tertiary/aromatic N) is 1. The average molecular weight is 300 g/mol. The lowest BCUT2D eigenvalue weighted by atomic mass is 10.1. The van der Waals surface area contributed by atoms with Gasteiger partial charge in [-0.25, -0.2) is 8.42 Å². The molecule has 6 heteroatoms. The molecule has 0 saturated carbocycles. The van der Waals surface area contributed by atoms with Gasteiger partial charge in [0.25, 0.3) is 0 Å². The number of hydrogen-bond acceptors (Lipinski definition) is 5. The summed E-state index contributed by atoms with van der Waals surface area (Å²) >= 11 is 1.71. The van der Waals surface area contributed by atoms with Gasteiger partial charge >= 0.3 is 0 Å². The van der Waals surface area contributed by atoms with Crippen molar-refractivity contribution in [1.82, 2.24) is 0 Å². The highest BCUT2D eigenvalue weighted by atomic mass is 32.2. The highest BCUT2D eigenvalue weighted by Gasteiger charge is 2.33. The molecule has 0 spiro atoms. The van der Waals surface area contributed by atoms with E-state index in [1.54, 1.807) is 18.7 Å². The normalized spacial score (nSPS) is 20.5. The molecular formula is C13H20N2O2S2. The van der Waals surface area contributed by atoms with Crippen LogP contribution in [0.1, 0.15) is 12.5 Å². The van der Waals surface area contributed by atoms with Gasteiger partial charge in [-0.2, -0.15) is 11.8 Å². The highest BCUT2D eigenvalue weighted by Crippen LogP contribution is 2.29. The monoisotopic (exact) mass is 300 g/mol. The summed E-state index contributed by atoms with van der Waals surface area (Å²) in [5, 5.41) is -0.427. The van der Waals surface area contributed by atoms with Crippen LogP contribution in [0.25, 0.3) is 0 Å². The van der Waals surface area contributed by atoms with Crippen molar-refractivity contribution in [3.63, 3.8) is 0 Å². The first-order valence-electron chi connectivity index (χ1n) is 6.44. The maximum atomic E-state index is 12.3. The minimum Gasteiger partial charge on any atom is -0.353 e. The molecule has 1 atom stereocenters. The molecule has 0 aromatic heterocycles. The van der Waals surface area contributed by atoms with E-state index in [1.807, 2.05) is 29.2 Å². The topological polar surface area (TPSA) is 63.4 Å². The molecule has 106 valence electrons. The molecule has 4 nitrogen and oxygen atoms in total. The van der Waals surface area contributed by atoms with Crippen molar-refractivity contribution in [2.24, 2.45) is 5.73 Å². The number of hydrogen-bond donors (Lipinski definition) is 1. The van der Waals surface area contributed by atoms with Crippen LogP contribution in [0, 0.1) is 0 Å². The third-order valence-corrected chi connectivity index (χ3v) is 6.71. The smallest absolute Gasteiger partial charge is 0.171 e. The predicted octanol–water partition coefficient (Wildman–Crippen LogP) is 1.46. The third kappa shape index (κ3) is 3.07. The van der Waals surface area contributed by atoms with Crippen LogP contribution in [-0.4, -0.2) is 37.6 Å². The Morgan fingerprint density at radius 2 is 2.16 bits per heavy atom. The van der Waals surface area contributed by atoms with Crippen LogP contribution in [-0.2, 0) is 16.4 Å². The third-order valence-electron chi connectivity index (χ3n) is 3.42. The second-order valence-electron chi connectivity index (χ2n) is 4.51. The maximum absolute atomic E-state index is 12.3. The second-order valence-corrected chi connectivity index (χ2v) is 8.10. The zero-order valence-electron chi connectivity index (χ0n) is 11.1. The fourth-order valence-electron chi connectivity index (χ4n) is 2.31. The molecule has 1 aromatic rings. The van der Waals surface area contributed by atoms with Crippen molar-refractivity contribution in [2.45, 2.75) is 18.8 Å². The Hall–Kier alpha value is -0.720. The quantitative estimate of drug-likeness (QED) is 0.912. The summed E-state index contributed by atoms with van der Waals surface area (Å²) < 4.78 is 24.5. The van der Waals surface area contributed by atoms with E-state index in [0.717, 1.165) is 23.5 Å². The molecule has 0 radical (unpaired) electrons. The van der Waals surface area contributed by atoms with Gasteiger partial charge in [-0.3, -0.25) is 0 Å². The maximum Gasteiger partial charge on any atom is 0.171 e. The summed E-state index contributed by atoms with van der Waals surface area (Å²) in [4.78, 5) is 2.01. The number of rotatable bonds is 4. The Balaban J connectivity index is 2.40. The van der Waals surface area contributed by atoms with E-state index in [9.17, 15) is 8.42 Å². The van der Waals surface area contributed by atoms with Crippen molar-refractivity contribution in [1.29, 1.82) is 0 Å². The van der Waals surface area contributed by atoms with Crippen LogP contribution < -0.4 is 10.6 Å². The average Bonchev–Trinajstić information content (AvgIpc) is 2.47. The molecular weight excluding hydrogens is 280 g/mol. The number of thioether (sulfide) groups is 1. The largest absolute Gasteiger partial charge is 0.353 e. The number of sulfone groups is 1. The first kappa shape index (κ1) is 14.7. The van der Waals surface area contributed by atoms with Gasteiger partial charge in [-0.15, -0.1) is 0 Å². The Bertz CT molecular complexity index is 531. The van der Waals surface area contributed by atoms with Crippen LogP contribution in [0.4, 0.5) is 5.69 Å². The van der Waals surface area contributed by atoms with Crippen LogP contribution in [0.5, 0.6) is 0 Å². The molecule has 1 heterocycles. The van der Waals surface area contributed by atoms with Gasteiger partial charge in [0.2, 0.25) is 0 Å². The zero-order chi connectivity index (χ0) is 13.9. The van der Waals surface area contributed by atoms with Crippen LogP contribution in [0.3, 0.4) is 0 Å². The molecule has 0 bridgehead atoms. The number of anilines is 1. The van der Waals surface area contributed by atoms with Gasteiger partial charge in [-0.1, -0.05) is 25.1 Å². The van der Waals surface area contributed by atoms with E-state index >= 15 is 0 Å². The van der Waals surface area contributed by atoms with Gasteiger partial charge in [0.15, 0.2) is 9.84 Å². The van der Waals surface area contributed by atoms with Gasteiger partial charge in [-0.05, 0) is 11.6 Å². The van der Waals surface area contributed by atoms with Gasteiger partial charge in [0, 0.05) is 36.0 Å². The molecule has 1 aliphatic rings. The van der Waals surface area contributed by atoms with Gasteiger partial charge in [0.05, 0.1) is 0 Å². The molecule has 2 rings (SSSR count). The van der Waals surface area contributed by atoms with E-state index < -0.39 is 15.2 Å². The van der Waals surface area contributed by atoms with E-state index in [2.05, 4.69) is 0 Å². The Labute approximate surface area is 119 Å². The fraction of sp³-hybridized carbons (Fsp3) is 0.538. The standard InChI is InChI=1S/C13H20N2O2S2/c1-2-19(16,17)13-10-18-8-7-15(13)12-6-4-3-5-11(12)9-14/h3-6,13H,2,7-10,14H2,1H3. The summed E-state index contributed by atoms with van der Waals surface area (Å²) in [5.41, 5.74) is 7.73.